The highest BCUT2D eigenvalue weighted by atomic mass is 16.7. The highest BCUT2D eigenvalue weighted by Gasteiger charge is 2.30. The van der Waals surface area contributed by atoms with Gasteiger partial charge in [0.2, 0.25) is 0 Å². The maximum atomic E-state index is 10.1. The van der Waals surface area contributed by atoms with E-state index in [9.17, 15) is 5.11 Å². The van der Waals surface area contributed by atoms with Crippen molar-refractivity contribution in [3.63, 3.8) is 0 Å². The number of ether oxygens (including phenoxy) is 6. The first-order chi connectivity index (χ1) is 15.7. The van der Waals surface area contributed by atoms with Crippen LogP contribution >= 0.6 is 0 Å². The highest BCUT2D eigenvalue weighted by Crippen LogP contribution is 2.53. The van der Waals surface area contributed by atoms with Crippen molar-refractivity contribution in [1.82, 2.24) is 0 Å². The number of fused-ring (bicyclic) bond motifs is 2. The number of hydrogen-bond donors (Lipinski definition) is 1. The molecule has 176 valence electrons. The summed E-state index contributed by atoms with van der Waals surface area (Å²) < 4.78 is 34.2. The average Bonchev–Trinajstić information content (AvgIpc) is 2.81. The van der Waals surface area contributed by atoms with Crippen molar-refractivity contribution in [3.05, 3.63) is 35.4 Å². The molecule has 3 rings (SSSR count). The molecule has 2 aromatic rings. The third kappa shape index (κ3) is 5.10. The van der Waals surface area contributed by atoms with Gasteiger partial charge in [-0.3, -0.25) is 0 Å². The summed E-state index contributed by atoms with van der Waals surface area (Å²) >= 11 is 0. The van der Waals surface area contributed by atoms with Crippen LogP contribution in [0, 0.1) is 0 Å². The molecule has 0 atom stereocenters. The predicted molar refractivity (Wildman–Crippen MR) is 121 cm³/mol. The van der Waals surface area contributed by atoms with Crippen LogP contribution in [0.25, 0.3) is 0 Å². The minimum Gasteiger partial charge on any atom is -0.493 e. The minimum atomic E-state index is -0.199. The van der Waals surface area contributed by atoms with E-state index in [1.165, 1.54) is 0 Å². The summed E-state index contributed by atoms with van der Waals surface area (Å²) in [6.45, 7) is 8.79. The smallest absolute Gasteiger partial charge is 0.160 e. The molecule has 1 aliphatic heterocycles. The van der Waals surface area contributed by atoms with Crippen molar-refractivity contribution in [2.24, 2.45) is 0 Å². The molecule has 0 aromatic heterocycles. The molecule has 8 nitrogen and oxygen atoms in total. The maximum absolute atomic E-state index is 10.1. The van der Waals surface area contributed by atoms with Gasteiger partial charge < -0.3 is 38.4 Å². The van der Waals surface area contributed by atoms with Crippen LogP contribution in [-0.4, -0.2) is 52.0 Å². The first-order valence-corrected chi connectivity index (χ1v) is 11.0. The van der Waals surface area contributed by atoms with Crippen LogP contribution in [0.1, 0.15) is 31.9 Å². The number of rotatable bonds is 13. The van der Waals surface area contributed by atoms with E-state index in [0.29, 0.717) is 55.0 Å². The lowest BCUT2D eigenvalue weighted by Crippen LogP contribution is -2.22. The van der Waals surface area contributed by atoms with Crippen molar-refractivity contribution in [2.45, 2.75) is 34.0 Å². The van der Waals surface area contributed by atoms with E-state index in [1.807, 2.05) is 38.1 Å². The van der Waals surface area contributed by atoms with Crippen LogP contribution < -0.4 is 19.1 Å². The molecule has 1 heterocycles. The van der Waals surface area contributed by atoms with Gasteiger partial charge in [-0.1, -0.05) is 0 Å². The summed E-state index contributed by atoms with van der Waals surface area (Å²) in [6, 6.07) is 7.76. The molecule has 1 aliphatic rings. The number of aliphatic hydroxyl groups is 1. The number of benzene rings is 2. The first kappa shape index (κ1) is 24.1. The monoisotopic (exact) mass is 447 g/mol. The number of anilines is 2. The molecule has 32 heavy (non-hydrogen) atoms. The second-order valence-electron chi connectivity index (χ2n) is 7.02. The van der Waals surface area contributed by atoms with Crippen molar-refractivity contribution in [3.8, 4) is 23.0 Å². The van der Waals surface area contributed by atoms with Gasteiger partial charge in [-0.05, 0) is 45.0 Å². The molecule has 0 bridgehead atoms. The van der Waals surface area contributed by atoms with Gasteiger partial charge in [0.15, 0.2) is 11.5 Å². The lowest BCUT2D eigenvalue weighted by atomic mass is 10.0. The summed E-state index contributed by atoms with van der Waals surface area (Å²) in [4.78, 5) is 2.15. The molecule has 1 N–H and O–H groups in total. The zero-order chi connectivity index (χ0) is 22.9. The summed E-state index contributed by atoms with van der Waals surface area (Å²) in [5.74, 6) is 2.53. The van der Waals surface area contributed by atoms with Crippen molar-refractivity contribution < 1.29 is 33.5 Å². The van der Waals surface area contributed by atoms with Crippen LogP contribution in [-0.2, 0) is 27.4 Å². The van der Waals surface area contributed by atoms with E-state index in [1.54, 1.807) is 7.11 Å². The van der Waals surface area contributed by atoms with E-state index >= 15 is 0 Å². The Morgan fingerprint density at radius 3 is 2.03 bits per heavy atom. The Morgan fingerprint density at radius 2 is 1.47 bits per heavy atom. The predicted octanol–water partition coefficient (Wildman–Crippen LogP) is 4.38. The van der Waals surface area contributed by atoms with E-state index < -0.39 is 0 Å². The van der Waals surface area contributed by atoms with Crippen LogP contribution in [0.15, 0.2) is 24.3 Å². The zero-order valence-corrected chi connectivity index (χ0v) is 19.3. The zero-order valence-electron chi connectivity index (χ0n) is 19.3. The SMILES string of the molecule is CCOc1ccc2c(c1CO)Oc1c(ccc(OCC)c1COCOCCOC)N2CC. The lowest BCUT2D eigenvalue weighted by Gasteiger charge is -2.35. The van der Waals surface area contributed by atoms with E-state index in [-0.39, 0.29) is 20.0 Å². The normalized spacial score (nSPS) is 12.2. The summed E-state index contributed by atoms with van der Waals surface area (Å²) in [7, 11) is 1.63. The summed E-state index contributed by atoms with van der Waals surface area (Å²) in [5, 5.41) is 10.1. The fraction of sp³-hybridized carbons (Fsp3) is 0.500. The van der Waals surface area contributed by atoms with Gasteiger partial charge in [-0.25, -0.2) is 0 Å². The van der Waals surface area contributed by atoms with Gasteiger partial charge in [0, 0.05) is 13.7 Å². The standard InChI is InChI=1S/C24H33NO7/c1-5-25-19-8-10-21(30-6-2)17(14-26)23(19)32-24-18(15-29-16-28-13-12-27-4)22(31-7-3)11-9-20(24)25/h8-11,26H,5-7,12-16H2,1-4H3. The minimum absolute atomic E-state index is 0.128. The van der Waals surface area contributed by atoms with E-state index in [0.717, 1.165) is 23.5 Å². The fourth-order valence-corrected chi connectivity index (χ4v) is 3.69. The highest BCUT2D eigenvalue weighted by molar-refractivity contribution is 5.82. The third-order valence-electron chi connectivity index (χ3n) is 5.10. The Hall–Kier alpha value is -2.52. The molecule has 0 unspecified atom stereocenters. The summed E-state index contributed by atoms with van der Waals surface area (Å²) in [6.07, 6.45) is 0. The van der Waals surface area contributed by atoms with Gasteiger partial charge in [0.1, 0.15) is 18.3 Å². The van der Waals surface area contributed by atoms with Crippen molar-refractivity contribution in [1.29, 1.82) is 0 Å². The van der Waals surface area contributed by atoms with Gasteiger partial charge in [-0.2, -0.15) is 0 Å². The molecule has 2 aromatic carbocycles. The molecule has 0 fully saturated rings. The molecule has 8 heteroatoms. The second-order valence-corrected chi connectivity index (χ2v) is 7.02. The van der Waals surface area contributed by atoms with Gasteiger partial charge >= 0.3 is 0 Å². The van der Waals surface area contributed by atoms with E-state index in [2.05, 4.69) is 11.8 Å². The molecular weight excluding hydrogens is 414 g/mol. The number of hydrogen-bond acceptors (Lipinski definition) is 8. The molecule has 0 saturated heterocycles. The topological polar surface area (TPSA) is 78.9 Å². The Kier molecular flexibility index (Phi) is 8.99. The third-order valence-corrected chi connectivity index (χ3v) is 5.10. The molecule has 0 aliphatic carbocycles. The number of nitrogens with zero attached hydrogens (tertiary/aromatic N) is 1. The molecule has 0 saturated carbocycles. The number of aliphatic hydroxyl groups excluding tert-OH is 1. The second kappa shape index (κ2) is 11.9. The molecular formula is C24H33NO7. The van der Waals surface area contributed by atoms with Gasteiger partial charge in [0.25, 0.3) is 0 Å². The van der Waals surface area contributed by atoms with Crippen molar-refractivity contribution in [2.75, 3.05) is 51.8 Å². The Balaban J connectivity index is 1.98. The van der Waals surface area contributed by atoms with Crippen LogP contribution in [0.4, 0.5) is 11.4 Å². The Labute approximate surface area is 189 Å². The quantitative estimate of drug-likeness (QED) is 0.358. The Bertz CT molecular complexity index is 887. The largest absolute Gasteiger partial charge is 0.493 e. The maximum Gasteiger partial charge on any atom is 0.160 e. The van der Waals surface area contributed by atoms with Gasteiger partial charge in [0.05, 0.1) is 62.1 Å². The molecule has 0 radical (unpaired) electrons. The number of methoxy groups -OCH3 is 1. The van der Waals surface area contributed by atoms with Gasteiger partial charge in [-0.15, -0.1) is 0 Å². The molecule has 0 spiro atoms. The van der Waals surface area contributed by atoms with Crippen LogP contribution in [0.2, 0.25) is 0 Å². The molecule has 0 amide bonds. The van der Waals surface area contributed by atoms with E-state index in [4.69, 9.17) is 28.4 Å². The van der Waals surface area contributed by atoms with Crippen molar-refractivity contribution >= 4 is 11.4 Å². The lowest BCUT2D eigenvalue weighted by molar-refractivity contribution is -0.0730. The van der Waals surface area contributed by atoms with Crippen LogP contribution in [0.5, 0.6) is 23.0 Å². The van der Waals surface area contributed by atoms with Crippen LogP contribution in [0.3, 0.4) is 0 Å². The average molecular weight is 448 g/mol. The summed E-state index contributed by atoms with van der Waals surface area (Å²) in [5.41, 5.74) is 3.20. The first-order valence-electron chi connectivity index (χ1n) is 11.0. The Morgan fingerprint density at radius 1 is 0.844 bits per heavy atom. The fourth-order valence-electron chi connectivity index (χ4n) is 3.69.